The highest BCUT2D eigenvalue weighted by Gasteiger charge is 2.28. The molecule has 0 aliphatic heterocycles. The van der Waals surface area contributed by atoms with Gasteiger partial charge in [-0.1, -0.05) is 18.2 Å². The van der Waals surface area contributed by atoms with Gasteiger partial charge in [-0.05, 0) is 0 Å². The Morgan fingerprint density at radius 2 is 1.06 bits per heavy atom. The molecule has 0 radical (unpaired) electrons. The fraction of sp³-hybridized carbons (Fsp3) is 0.538. The van der Waals surface area contributed by atoms with E-state index in [0.717, 1.165) is 0 Å². The van der Waals surface area contributed by atoms with Crippen LogP contribution in [0.2, 0.25) is 0 Å². The first-order chi connectivity index (χ1) is 8.18. The number of hydrogen-bond acceptors (Lipinski definition) is 4. The molecule has 0 atom stereocenters. The zero-order valence-corrected chi connectivity index (χ0v) is 10.3. The fourth-order valence-electron chi connectivity index (χ4n) is 1.12. The molecule has 0 aliphatic rings. The lowest BCUT2D eigenvalue weighted by Crippen LogP contribution is -2.44. The topological polar surface area (TPSA) is 47.9 Å². The summed E-state index contributed by atoms with van der Waals surface area (Å²) in [5.74, 6) is 0. The molecule has 0 spiro atoms. The van der Waals surface area contributed by atoms with E-state index in [4.69, 9.17) is 14.2 Å². The molecule has 0 aromatic heterocycles. The smallest absolute Gasteiger partial charge is 0.134 e. The summed E-state index contributed by atoms with van der Waals surface area (Å²) in [6.07, 6.45) is 4.86. The molecule has 0 aliphatic carbocycles. The van der Waals surface area contributed by atoms with Crippen LogP contribution in [-0.4, -0.2) is 50.3 Å². The quantitative estimate of drug-likeness (QED) is 0.414. The number of aliphatic hydroxyl groups is 1. The van der Waals surface area contributed by atoms with Crippen LogP contribution in [0.4, 0.5) is 0 Å². The minimum Gasteiger partial charge on any atom is -0.383 e. The average molecular weight is 242 g/mol. The van der Waals surface area contributed by atoms with E-state index >= 15 is 0 Å². The van der Waals surface area contributed by atoms with Gasteiger partial charge in [-0.3, -0.25) is 0 Å². The Labute approximate surface area is 103 Å². The average Bonchev–Trinajstić information content (AvgIpc) is 2.30. The van der Waals surface area contributed by atoms with Crippen LogP contribution in [0.5, 0.6) is 0 Å². The Balaban J connectivity index is 4.07. The number of rotatable bonds is 12. The van der Waals surface area contributed by atoms with Gasteiger partial charge < -0.3 is 19.3 Å². The van der Waals surface area contributed by atoms with Crippen LogP contribution >= 0.6 is 0 Å². The van der Waals surface area contributed by atoms with Gasteiger partial charge in [0.15, 0.2) is 0 Å². The molecule has 17 heavy (non-hydrogen) atoms. The summed E-state index contributed by atoms with van der Waals surface area (Å²) in [5.41, 5.74) is -1.16. The third-order valence-corrected chi connectivity index (χ3v) is 1.82. The van der Waals surface area contributed by atoms with Gasteiger partial charge >= 0.3 is 0 Å². The molecule has 0 aromatic carbocycles. The molecule has 0 unspecified atom stereocenters. The molecule has 0 heterocycles. The molecule has 0 aromatic rings. The summed E-state index contributed by atoms with van der Waals surface area (Å²) < 4.78 is 15.7. The molecule has 98 valence electrons. The highest BCUT2D eigenvalue weighted by molar-refractivity contribution is 4.80. The SMILES string of the molecule is C=CCOCC(O)(COCC=C)COCC=C. The number of ether oxygens (including phenoxy) is 3. The van der Waals surface area contributed by atoms with E-state index in [1.807, 2.05) is 0 Å². The van der Waals surface area contributed by atoms with Gasteiger partial charge in [0, 0.05) is 0 Å². The third kappa shape index (κ3) is 8.83. The summed E-state index contributed by atoms with van der Waals surface area (Å²) in [6, 6.07) is 0. The van der Waals surface area contributed by atoms with Crippen molar-refractivity contribution >= 4 is 0 Å². The van der Waals surface area contributed by atoms with E-state index in [9.17, 15) is 5.11 Å². The summed E-state index contributed by atoms with van der Waals surface area (Å²) in [5, 5.41) is 10.2. The normalized spacial score (nSPS) is 11.1. The van der Waals surface area contributed by atoms with E-state index in [2.05, 4.69) is 19.7 Å². The van der Waals surface area contributed by atoms with Crippen LogP contribution in [0, 0.1) is 0 Å². The first-order valence-electron chi connectivity index (χ1n) is 5.47. The second-order valence-corrected chi connectivity index (χ2v) is 3.64. The second-order valence-electron chi connectivity index (χ2n) is 3.64. The molecule has 0 rings (SSSR count). The Morgan fingerprint density at radius 3 is 1.29 bits per heavy atom. The van der Waals surface area contributed by atoms with Gasteiger partial charge in [0.25, 0.3) is 0 Å². The van der Waals surface area contributed by atoms with Crippen molar-refractivity contribution in [2.24, 2.45) is 0 Å². The van der Waals surface area contributed by atoms with Crippen molar-refractivity contribution < 1.29 is 19.3 Å². The molecule has 0 fully saturated rings. The maximum Gasteiger partial charge on any atom is 0.134 e. The lowest BCUT2D eigenvalue weighted by atomic mass is 10.1. The van der Waals surface area contributed by atoms with Gasteiger partial charge in [0.1, 0.15) is 5.60 Å². The molecule has 0 saturated heterocycles. The van der Waals surface area contributed by atoms with Crippen molar-refractivity contribution in [2.45, 2.75) is 5.60 Å². The summed E-state index contributed by atoms with van der Waals surface area (Å²) in [7, 11) is 0. The van der Waals surface area contributed by atoms with E-state index < -0.39 is 5.60 Å². The molecular formula is C13H22O4. The molecule has 4 nitrogen and oxygen atoms in total. The molecule has 1 N–H and O–H groups in total. The van der Waals surface area contributed by atoms with E-state index in [0.29, 0.717) is 19.8 Å². The lowest BCUT2D eigenvalue weighted by Gasteiger charge is -2.27. The van der Waals surface area contributed by atoms with Gasteiger partial charge in [-0.2, -0.15) is 0 Å². The molecule has 0 saturated carbocycles. The Hall–Kier alpha value is -0.940. The van der Waals surface area contributed by atoms with E-state index in [1.165, 1.54) is 0 Å². The van der Waals surface area contributed by atoms with Gasteiger partial charge in [-0.25, -0.2) is 0 Å². The number of hydrogen-bond donors (Lipinski definition) is 1. The first-order valence-corrected chi connectivity index (χ1v) is 5.47. The second kappa shape index (κ2) is 10.2. The van der Waals surface area contributed by atoms with E-state index in [-0.39, 0.29) is 19.8 Å². The Bertz CT molecular complexity index is 189. The van der Waals surface area contributed by atoms with Gasteiger partial charge in [-0.15, -0.1) is 19.7 Å². The standard InChI is InChI=1S/C13H22O4/c1-4-7-15-10-13(14,11-16-8-5-2)12-17-9-6-3/h4-6,14H,1-3,7-12H2. The summed E-state index contributed by atoms with van der Waals surface area (Å²) >= 11 is 0. The van der Waals surface area contributed by atoms with Crippen LogP contribution in [0.3, 0.4) is 0 Å². The van der Waals surface area contributed by atoms with Crippen molar-refractivity contribution in [1.82, 2.24) is 0 Å². The molecule has 0 amide bonds. The molecular weight excluding hydrogens is 220 g/mol. The minimum absolute atomic E-state index is 0.132. The monoisotopic (exact) mass is 242 g/mol. The first kappa shape index (κ1) is 16.1. The predicted octanol–water partition coefficient (Wildman–Crippen LogP) is 1.33. The van der Waals surface area contributed by atoms with Crippen molar-refractivity contribution in [1.29, 1.82) is 0 Å². The highest BCUT2D eigenvalue weighted by Crippen LogP contribution is 2.08. The lowest BCUT2D eigenvalue weighted by molar-refractivity contribution is -0.124. The highest BCUT2D eigenvalue weighted by atomic mass is 16.5. The zero-order chi connectivity index (χ0) is 13.0. The van der Waals surface area contributed by atoms with Crippen molar-refractivity contribution in [3.63, 3.8) is 0 Å². The maximum atomic E-state index is 10.2. The van der Waals surface area contributed by atoms with Crippen molar-refractivity contribution in [3.8, 4) is 0 Å². The fourth-order valence-corrected chi connectivity index (χ4v) is 1.12. The van der Waals surface area contributed by atoms with Gasteiger partial charge in [0.2, 0.25) is 0 Å². The largest absolute Gasteiger partial charge is 0.383 e. The van der Waals surface area contributed by atoms with Crippen LogP contribution in [0.15, 0.2) is 38.0 Å². The summed E-state index contributed by atoms with van der Waals surface area (Å²) in [6.45, 7) is 12.1. The predicted molar refractivity (Wildman–Crippen MR) is 68.0 cm³/mol. The Morgan fingerprint density at radius 1 is 0.765 bits per heavy atom. The van der Waals surface area contributed by atoms with Crippen LogP contribution in [0.1, 0.15) is 0 Å². The van der Waals surface area contributed by atoms with Crippen molar-refractivity contribution in [2.75, 3.05) is 39.6 Å². The van der Waals surface area contributed by atoms with Crippen molar-refractivity contribution in [3.05, 3.63) is 38.0 Å². The summed E-state index contributed by atoms with van der Waals surface area (Å²) in [4.78, 5) is 0. The molecule has 4 heteroatoms. The van der Waals surface area contributed by atoms with Crippen LogP contribution in [-0.2, 0) is 14.2 Å². The van der Waals surface area contributed by atoms with E-state index in [1.54, 1.807) is 18.2 Å². The minimum atomic E-state index is -1.16. The Kier molecular flexibility index (Phi) is 9.66. The van der Waals surface area contributed by atoms with Gasteiger partial charge in [0.05, 0.1) is 39.6 Å². The zero-order valence-electron chi connectivity index (χ0n) is 10.3. The van der Waals surface area contributed by atoms with Crippen LogP contribution < -0.4 is 0 Å². The maximum absolute atomic E-state index is 10.2. The van der Waals surface area contributed by atoms with Crippen LogP contribution in [0.25, 0.3) is 0 Å². The molecule has 0 bridgehead atoms. The third-order valence-electron chi connectivity index (χ3n) is 1.82.